The first-order valence-electron chi connectivity index (χ1n) is 8.33. The zero-order chi connectivity index (χ0) is 19.1. The summed E-state index contributed by atoms with van der Waals surface area (Å²) in [6.07, 6.45) is 0.0889. The number of methoxy groups -OCH3 is 1. The fourth-order valence-corrected chi connectivity index (χ4v) is 2.64. The summed E-state index contributed by atoms with van der Waals surface area (Å²) in [7, 11) is 3.11. The highest BCUT2D eigenvalue weighted by molar-refractivity contribution is 5.88. The van der Waals surface area contributed by atoms with Crippen molar-refractivity contribution in [2.24, 2.45) is 0 Å². The van der Waals surface area contributed by atoms with Gasteiger partial charge in [-0.3, -0.25) is 9.59 Å². The second kappa shape index (κ2) is 8.99. The fraction of sp³-hybridized carbons (Fsp3) is 0.300. The number of nitrogens with one attached hydrogen (secondary N) is 1. The Kier molecular flexibility index (Phi) is 6.72. The van der Waals surface area contributed by atoms with Crippen LogP contribution in [0.4, 0.5) is 4.39 Å². The smallest absolute Gasteiger partial charge is 0.242 e. The Hall–Kier alpha value is -2.89. The number of nitrogens with zero attached hydrogens (tertiary/aromatic N) is 1. The highest BCUT2D eigenvalue weighted by atomic mass is 19.1. The molecule has 138 valence electrons. The van der Waals surface area contributed by atoms with Crippen LogP contribution in [0.3, 0.4) is 0 Å². The quantitative estimate of drug-likeness (QED) is 0.827. The molecule has 0 aliphatic rings. The van der Waals surface area contributed by atoms with Gasteiger partial charge < -0.3 is 15.0 Å². The number of amides is 2. The molecule has 0 saturated carbocycles. The second-order valence-electron chi connectivity index (χ2n) is 5.97. The highest BCUT2D eigenvalue weighted by Gasteiger charge is 2.25. The van der Waals surface area contributed by atoms with Gasteiger partial charge >= 0.3 is 0 Å². The van der Waals surface area contributed by atoms with Gasteiger partial charge in [0.25, 0.3) is 0 Å². The van der Waals surface area contributed by atoms with Crippen LogP contribution < -0.4 is 10.1 Å². The minimum absolute atomic E-state index is 0.0889. The summed E-state index contributed by atoms with van der Waals surface area (Å²) in [6, 6.07) is 12.5. The molecule has 0 aliphatic carbocycles. The van der Waals surface area contributed by atoms with Crippen LogP contribution in [0.15, 0.2) is 48.5 Å². The summed E-state index contributed by atoms with van der Waals surface area (Å²) >= 11 is 0. The summed E-state index contributed by atoms with van der Waals surface area (Å²) in [5.41, 5.74) is 1.55. The van der Waals surface area contributed by atoms with E-state index in [1.807, 2.05) is 24.3 Å². The number of hydrogen-bond donors (Lipinski definition) is 1. The number of rotatable bonds is 7. The van der Waals surface area contributed by atoms with Gasteiger partial charge in [-0.15, -0.1) is 0 Å². The van der Waals surface area contributed by atoms with Crippen LogP contribution in [0.2, 0.25) is 0 Å². The fourth-order valence-electron chi connectivity index (χ4n) is 2.64. The number of benzene rings is 2. The number of hydrogen-bond acceptors (Lipinski definition) is 3. The lowest BCUT2D eigenvalue weighted by atomic mass is 10.1. The van der Waals surface area contributed by atoms with Gasteiger partial charge in [0.1, 0.15) is 17.6 Å². The van der Waals surface area contributed by atoms with E-state index < -0.39 is 6.04 Å². The number of carbonyl (C=O) groups excluding carboxylic acids is 2. The van der Waals surface area contributed by atoms with Crippen molar-refractivity contribution < 1.29 is 18.7 Å². The lowest BCUT2D eigenvalue weighted by molar-refractivity contribution is -0.139. The van der Waals surface area contributed by atoms with Gasteiger partial charge in [0.05, 0.1) is 13.5 Å². The minimum Gasteiger partial charge on any atom is -0.497 e. The van der Waals surface area contributed by atoms with Crippen molar-refractivity contribution in [3.63, 3.8) is 0 Å². The van der Waals surface area contributed by atoms with Crippen molar-refractivity contribution in [1.29, 1.82) is 0 Å². The molecule has 2 aromatic carbocycles. The minimum atomic E-state index is -0.640. The normalized spacial score (nSPS) is 11.5. The Balaban J connectivity index is 2.22. The van der Waals surface area contributed by atoms with Gasteiger partial charge in [0, 0.05) is 13.6 Å². The Labute approximate surface area is 152 Å². The molecular weight excluding hydrogens is 335 g/mol. The van der Waals surface area contributed by atoms with E-state index in [0.717, 1.165) is 5.56 Å². The topological polar surface area (TPSA) is 58.6 Å². The second-order valence-corrected chi connectivity index (χ2v) is 5.97. The molecule has 1 atom stereocenters. The Bertz CT molecular complexity index is 762. The molecule has 26 heavy (non-hydrogen) atoms. The molecule has 0 aliphatic heterocycles. The van der Waals surface area contributed by atoms with Gasteiger partial charge in [-0.25, -0.2) is 4.39 Å². The molecule has 2 aromatic rings. The summed E-state index contributed by atoms with van der Waals surface area (Å²) in [5.74, 6) is -0.134. The molecule has 0 saturated heterocycles. The van der Waals surface area contributed by atoms with E-state index in [0.29, 0.717) is 11.3 Å². The van der Waals surface area contributed by atoms with E-state index in [4.69, 9.17) is 4.74 Å². The van der Waals surface area contributed by atoms with Crippen LogP contribution >= 0.6 is 0 Å². The molecule has 0 fully saturated rings. The Morgan fingerprint density at radius 1 is 1.15 bits per heavy atom. The first kappa shape index (κ1) is 19.4. The third-order valence-corrected chi connectivity index (χ3v) is 4.17. The van der Waals surface area contributed by atoms with Crippen molar-refractivity contribution in [1.82, 2.24) is 10.2 Å². The van der Waals surface area contributed by atoms with Crippen molar-refractivity contribution in [3.8, 4) is 5.75 Å². The van der Waals surface area contributed by atoms with Gasteiger partial charge in [-0.1, -0.05) is 24.3 Å². The van der Waals surface area contributed by atoms with Crippen molar-refractivity contribution in [3.05, 3.63) is 65.5 Å². The largest absolute Gasteiger partial charge is 0.497 e. The lowest BCUT2D eigenvalue weighted by Gasteiger charge is -2.28. The third kappa shape index (κ3) is 5.05. The molecular formula is C20H23FN2O3. The highest BCUT2D eigenvalue weighted by Crippen LogP contribution is 2.17. The molecule has 2 rings (SSSR count). The van der Waals surface area contributed by atoms with Crippen LogP contribution in [0, 0.1) is 5.82 Å². The van der Waals surface area contributed by atoms with Gasteiger partial charge in [-0.05, 0) is 42.3 Å². The van der Waals surface area contributed by atoms with E-state index >= 15 is 0 Å². The van der Waals surface area contributed by atoms with Crippen molar-refractivity contribution >= 4 is 11.8 Å². The predicted octanol–water partition coefficient (Wildman–Crippen LogP) is 2.54. The van der Waals surface area contributed by atoms with Gasteiger partial charge in [0.15, 0.2) is 0 Å². The van der Waals surface area contributed by atoms with Crippen LogP contribution in [-0.2, 0) is 22.6 Å². The molecule has 6 heteroatoms. The molecule has 5 nitrogen and oxygen atoms in total. The summed E-state index contributed by atoms with van der Waals surface area (Å²) in [4.78, 5) is 26.4. The monoisotopic (exact) mass is 358 g/mol. The molecule has 0 heterocycles. The molecule has 1 N–H and O–H groups in total. The number of carbonyl (C=O) groups is 2. The molecule has 0 radical (unpaired) electrons. The van der Waals surface area contributed by atoms with E-state index in [-0.39, 0.29) is 30.6 Å². The van der Waals surface area contributed by atoms with Crippen LogP contribution in [0.5, 0.6) is 5.75 Å². The summed E-state index contributed by atoms with van der Waals surface area (Å²) in [5, 5.41) is 2.57. The van der Waals surface area contributed by atoms with Crippen molar-refractivity contribution in [2.75, 3.05) is 14.2 Å². The molecule has 0 aromatic heterocycles. The number of likely N-dealkylation sites (N-methyl/N-ethyl adjacent to an activating group) is 1. The van der Waals surface area contributed by atoms with E-state index in [1.54, 1.807) is 26.2 Å². The zero-order valence-electron chi connectivity index (χ0n) is 15.2. The SMILES string of the molecule is CNC(=O)[C@H](C)N(Cc1cccc(OC)c1)C(=O)Cc1ccc(F)cc1. The molecule has 2 amide bonds. The Morgan fingerprint density at radius 2 is 1.85 bits per heavy atom. The van der Waals surface area contributed by atoms with E-state index in [1.165, 1.54) is 24.1 Å². The summed E-state index contributed by atoms with van der Waals surface area (Å²) in [6.45, 7) is 1.95. The first-order chi connectivity index (χ1) is 12.4. The number of halogens is 1. The van der Waals surface area contributed by atoms with E-state index in [2.05, 4.69) is 5.32 Å². The molecule has 0 bridgehead atoms. The van der Waals surface area contributed by atoms with Gasteiger partial charge in [0.2, 0.25) is 11.8 Å². The molecule has 0 unspecified atom stereocenters. The van der Waals surface area contributed by atoms with Crippen LogP contribution in [0.25, 0.3) is 0 Å². The van der Waals surface area contributed by atoms with E-state index in [9.17, 15) is 14.0 Å². The first-order valence-corrected chi connectivity index (χ1v) is 8.33. The van der Waals surface area contributed by atoms with Gasteiger partial charge in [-0.2, -0.15) is 0 Å². The third-order valence-electron chi connectivity index (χ3n) is 4.17. The maximum Gasteiger partial charge on any atom is 0.242 e. The van der Waals surface area contributed by atoms with Crippen LogP contribution in [0.1, 0.15) is 18.1 Å². The maximum atomic E-state index is 13.1. The zero-order valence-corrected chi connectivity index (χ0v) is 15.2. The van der Waals surface area contributed by atoms with Crippen LogP contribution in [-0.4, -0.2) is 36.9 Å². The average molecular weight is 358 g/mol. The number of ether oxygens (including phenoxy) is 1. The lowest BCUT2D eigenvalue weighted by Crippen LogP contribution is -2.47. The average Bonchev–Trinajstić information content (AvgIpc) is 2.66. The summed E-state index contributed by atoms with van der Waals surface area (Å²) < 4.78 is 18.3. The standard InChI is InChI=1S/C20H23FN2O3/c1-14(20(25)22-2)23(13-16-5-4-6-18(11-16)26-3)19(24)12-15-7-9-17(21)10-8-15/h4-11,14H,12-13H2,1-3H3,(H,22,25)/t14-/m0/s1. The predicted molar refractivity (Wildman–Crippen MR) is 97.2 cm³/mol. The Morgan fingerprint density at radius 3 is 2.46 bits per heavy atom. The van der Waals surface area contributed by atoms with Crippen molar-refractivity contribution in [2.45, 2.75) is 25.9 Å². The molecule has 0 spiro atoms. The maximum absolute atomic E-state index is 13.1.